The molecule has 0 radical (unpaired) electrons. The Morgan fingerprint density at radius 1 is 0.746 bits per heavy atom. The zero-order chi connectivity index (χ0) is 45.7. The third-order valence-electron chi connectivity index (χ3n) is 9.96. The maximum Gasteiger partial charge on any atom is 0.414 e. The van der Waals surface area contributed by atoms with Crippen molar-refractivity contribution in [2.75, 3.05) is 82.7 Å². The molecule has 3 atom stereocenters. The summed E-state index contributed by atoms with van der Waals surface area (Å²) in [6.45, 7) is 5.99. The number of esters is 1. The van der Waals surface area contributed by atoms with Gasteiger partial charge in [-0.3, -0.25) is 50.0 Å². The number of anilines is 2. The predicted octanol–water partition coefficient (Wildman–Crippen LogP) is 3.11. The molecule has 0 saturated carbocycles. The first-order chi connectivity index (χ1) is 30.0. The quantitative estimate of drug-likeness (QED) is 0.0632. The first-order valence-electron chi connectivity index (χ1n) is 19.6. The summed E-state index contributed by atoms with van der Waals surface area (Å²) in [5.41, 5.74) is 3.02. The number of benzene rings is 3. The van der Waals surface area contributed by atoms with E-state index in [0.29, 0.717) is 35.6 Å². The van der Waals surface area contributed by atoms with Crippen molar-refractivity contribution in [2.45, 2.75) is 31.8 Å². The average Bonchev–Trinajstić information content (AvgIpc) is 3.85. The second-order valence-corrected chi connectivity index (χ2v) is 16.0. The Morgan fingerprint density at radius 3 is 1.70 bits per heavy atom. The van der Waals surface area contributed by atoms with E-state index in [4.69, 9.17) is 25.0 Å². The summed E-state index contributed by atoms with van der Waals surface area (Å²) >= 11 is 0. The van der Waals surface area contributed by atoms with Gasteiger partial charge in [-0.15, -0.1) is 0 Å². The van der Waals surface area contributed by atoms with Gasteiger partial charge in [0.1, 0.15) is 43.1 Å². The normalized spacial score (nSPS) is 18.2. The van der Waals surface area contributed by atoms with E-state index < -0.39 is 40.6 Å². The highest BCUT2D eigenvalue weighted by atomic mass is 32.2. The molecular weight excluding hydrogens is 845 g/mol. The summed E-state index contributed by atoms with van der Waals surface area (Å²) < 4.78 is 51.7. The fourth-order valence-electron chi connectivity index (χ4n) is 6.53. The Morgan fingerprint density at radius 2 is 1.22 bits per heavy atom. The number of carbonyl (C=O) groups is 5. The number of rotatable bonds is 13. The summed E-state index contributed by atoms with van der Waals surface area (Å²) in [6.07, 6.45) is -2.59. The van der Waals surface area contributed by atoms with Crippen LogP contribution in [0.25, 0.3) is 0 Å². The molecule has 0 spiro atoms. The molecule has 3 aromatic rings. The number of cyclic esters (lactones) is 2. The van der Waals surface area contributed by atoms with Gasteiger partial charge >= 0.3 is 30.3 Å². The SMILES string of the molecule is COC(=O)NC(=N)c1ccc(N2CC(CN3CCN(C(C)C(=O)OCc4ccccc4)CC3)OC2=O)cc1.COC(=O)NC(=N)c1ccc(N2CC(COS(C)(=O)=O)OC2=O)cc1. The number of alkyl carbamates (subject to hydrolysis) is 2. The molecule has 3 heterocycles. The lowest BCUT2D eigenvalue weighted by Gasteiger charge is -2.37. The molecule has 4 N–H and O–H groups in total. The summed E-state index contributed by atoms with van der Waals surface area (Å²) in [4.78, 5) is 66.6. The van der Waals surface area contributed by atoms with Gasteiger partial charge in [0.15, 0.2) is 0 Å². The zero-order valence-electron chi connectivity index (χ0n) is 35.1. The van der Waals surface area contributed by atoms with Gasteiger partial charge in [0.05, 0.1) is 33.6 Å². The lowest BCUT2D eigenvalue weighted by molar-refractivity contribution is -0.151. The van der Waals surface area contributed by atoms with Gasteiger partial charge in [-0.1, -0.05) is 30.3 Å². The van der Waals surface area contributed by atoms with Crippen molar-refractivity contribution in [3.63, 3.8) is 0 Å². The van der Waals surface area contributed by atoms with Crippen LogP contribution < -0.4 is 20.4 Å². The van der Waals surface area contributed by atoms with E-state index in [-0.39, 0.29) is 49.5 Å². The number of hydrogen-bond donors (Lipinski definition) is 4. The highest BCUT2D eigenvalue weighted by Crippen LogP contribution is 2.24. The fraction of sp³-hybridized carbons (Fsp3) is 0.390. The lowest BCUT2D eigenvalue weighted by Crippen LogP contribution is -2.53. The van der Waals surface area contributed by atoms with E-state index in [1.165, 1.54) is 19.1 Å². The van der Waals surface area contributed by atoms with Crippen molar-refractivity contribution in [3.05, 3.63) is 95.6 Å². The van der Waals surface area contributed by atoms with E-state index >= 15 is 0 Å². The molecule has 22 heteroatoms. The van der Waals surface area contributed by atoms with Gasteiger partial charge in [0.2, 0.25) is 0 Å². The smallest absolute Gasteiger partial charge is 0.414 e. The molecule has 3 aromatic carbocycles. The first-order valence-corrected chi connectivity index (χ1v) is 21.4. The van der Waals surface area contributed by atoms with E-state index in [2.05, 4.69) is 34.1 Å². The number of ether oxygens (including phenoxy) is 5. The highest BCUT2D eigenvalue weighted by molar-refractivity contribution is 7.85. The third-order valence-corrected chi connectivity index (χ3v) is 10.5. The summed E-state index contributed by atoms with van der Waals surface area (Å²) in [6, 6.07) is 22.3. The Kier molecular flexibility index (Phi) is 16.5. The molecule has 3 aliphatic heterocycles. The molecule has 6 rings (SSSR count). The van der Waals surface area contributed by atoms with Gasteiger partial charge in [0, 0.05) is 55.2 Å². The van der Waals surface area contributed by atoms with Gasteiger partial charge in [-0.25, -0.2) is 19.2 Å². The molecule has 0 bridgehead atoms. The van der Waals surface area contributed by atoms with E-state index in [1.807, 2.05) is 37.3 Å². The topological polar surface area (TPSA) is 260 Å². The van der Waals surface area contributed by atoms with Gasteiger partial charge < -0.3 is 23.7 Å². The first kappa shape index (κ1) is 47.4. The van der Waals surface area contributed by atoms with Crippen LogP contribution in [0.1, 0.15) is 23.6 Å². The fourth-order valence-corrected chi connectivity index (χ4v) is 6.93. The molecular formula is C41H50N8O13S. The van der Waals surface area contributed by atoms with Gasteiger partial charge in [-0.2, -0.15) is 8.42 Å². The van der Waals surface area contributed by atoms with Crippen LogP contribution >= 0.6 is 0 Å². The van der Waals surface area contributed by atoms with Crippen molar-refractivity contribution >= 4 is 63.5 Å². The Bertz CT molecular complexity index is 2220. The predicted molar refractivity (Wildman–Crippen MR) is 227 cm³/mol. The highest BCUT2D eigenvalue weighted by Gasteiger charge is 2.36. The molecule has 21 nitrogen and oxygen atoms in total. The van der Waals surface area contributed by atoms with Crippen molar-refractivity contribution in [1.82, 2.24) is 20.4 Å². The number of nitrogens with one attached hydrogen (secondary N) is 4. The molecule has 3 fully saturated rings. The zero-order valence-corrected chi connectivity index (χ0v) is 35.9. The molecule has 0 aliphatic carbocycles. The monoisotopic (exact) mass is 894 g/mol. The second kappa shape index (κ2) is 21.9. The number of methoxy groups -OCH3 is 2. The van der Waals surface area contributed by atoms with Crippen molar-refractivity contribution in [2.24, 2.45) is 0 Å². The minimum absolute atomic E-state index is 0.0943. The van der Waals surface area contributed by atoms with Crippen molar-refractivity contribution in [3.8, 4) is 0 Å². The van der Waals surface area contributed by atoms with Gasteiger partial charge in [0.25, 0.3) is 10.1 Å². The number of amides is 4. The Hall–Kier alpha value is -6.62. The van der Waals surface area contributed by atoms with Gasteiger partial charge in [-0.05, 0) is 61.0 Å². The maximum atomic E-state index is 12.5. The van der Waals surface area contributed by atoms with Crippen molar-refractivity contribution in [1.29, 1.82) is 10.8 Å². The molecule has 4 amide bonds. The summed E-state index contributed by atoms with van der Waals surface area (Å²) in [7, 11) is -1.20. The van der Waals surface area contributed by atoms with E-state index in [1.54, 1.807) is 53.4 Å². The van der Waals surface area contributed by atoms with E-state index in [0.717, 1.165) is 38.0 Å². The number of hydrogen-bond acceptors (Lipinski definition) is 17. The lowest BCUT2D eigenvalue weighted by atomic mass is 10.1. The molecule has 63 heavy (non-hydrogen) atoms. The van der Waals surface area contributed by atoms with Crippen LogP contribution in [0.3, 0.4) is 0 Å². The van der Waals surface area contributed by atoms with Crippen LogP contribution in [0.15, 0.2) is 78.9 Å². The van der Waals surface area contributed by atoms with Crippen LogP contribution in [0.5, 0.6) is 0 Å². The Labute approximate surface area is 364 Å². The number of carbonyl (C=O) groups excluding carboxylic acids is 5. The maximum absolute atomic E-state index is 12.5. The number of amidine groups is 2. The minimum atomic E-state index is -3.62. The standard InChI is InChI=1S/C27H33N5O6.C14H17N3O7S/c1-19(25(33)37-18-20-6-4-3-5-7-20)31-14-12-30(13-15-31)16-23-17-32(27(35)38-23)22-10-8-21(9-11-22)24(28)29-26(34)36-2;1-22-13(18)16-12(15)9-3-5-10(6-4-9)17-7-11(24-14(17)19)8-23-25(2,20)21/h3-11,19,23H,12-18H2,1-2H3,(H2,28,29,34);3-6,11H,7-8H2,1-2H3,(H2,15,16,18). The summed E-state index contributed by atoms with van der Waals surface area (Å²) in [5, 5.41) is 20.2. The largest absolute Gasteiger partial charge is 0.460 e. The van der Waals surface area contributed by atoms with Crippen LogP contribution in [-0.4, -0.2) is 151 Å². The average molecular weight is 895 g/mol. The second-order valence-electron chi connectivity index (χ2n) is 14.4. The molecule has 338 valence electrons. The molecule has 3 saturated heterocycles. The Balaban J connectivity index is 0.000000260. The number of nitrogens with zero attached hydrogens (tertiary/aromatic N) is 4. The summed E-state index contributed by atoms with van der Waals surface area (Å²) in [5.74, 6) is -0.477. The molecule has 0 aromatic heterocycles. The molecule has 3 unspecified atom stereocenters. The van der Waals surface area contributed by atoms with E-state index in [9.17, 15) is 32.4 Å². The van der Waals surface area contributed by atoms with Crippen LogP contribution in [-0.2, 0) is 49.4 Å². The van der Waals surface area contributed by atoms with Crippen LogP contribution in [0.4, 0.5) is 30.6 Å². The minimum Gasteiger partial charge on any atom is -0.460 e. The third kappa shape index (κ3) is 13.9. The van der Waals surface area contributed by atoms with Crippen molar-refractivity contribution < 1.29 is 60.3 Å². The van der Waals surface area contributed by atoms with Crippen LogP contribution in [0.2, 0.25) is 0 Å². The van der Waals surface area contributed by atoms with Crippen LogP contribution in [0, 0.1) is 10.8 Å². The molecule has 3 aliphatic rings. The number of piperazine rings is 1.